The third-order valence-electron chi connectivity index (χ3n) is 2.10. The highest BCUT2D eigenvalue weighted by Crippen LogP contribution is 2.21. The molecule has 0 saturated carbocycles. The molecule has 0 aliphatic heterocycles. The number of pyridine rings is 1. The number of hydrogen-bond donors (Lipinski definition) is 2. The van der Waals surface area contributed by atoms with Gasteiger partial charge in [0.15, 0.2) is 0 Å². The molecule has 1 unspecified atom stereocenters. The number of halogens is 1. The number of hydrogen-bond acceptors (Lipinski definition) is 3. The van der Waals surface area contributed by atoms with Crippen molar-refractivity contribution < 1.29 is 0 Å². The van der Waals surface area contributed by atoms with E-state index in [1.165, 1.54) is 0 Å². The van der Waals surface area contributed by atoms with Gasteiger partial charge in [-0.05, 0) is 40.9 Å². The Balaban J connectivity index is 2.76. The van der Waals surface area contributed by atoms with Gasteiger partial charge in [-0.2, -0.15) is 0 Å². The van der Waals surface area contributed by atoms with Gasteiger partial charge in [-0.15, -0.1) is 0 Å². The quantitative estimate of drug-likeness (QED) is 0.871. The fourth-order valence-corrected chi connectivity index (χ4v) is 1.74. The predicted molar refractivity (Wildman–Crippen MR) is 63.4 cm³/mol. The topological polar surface area (TPSA) is 50.9 Å². The Bertz CT molecular complexity index is 297. The molecule has 0 aromatic carbocycles. The highest BCUT2D eigenvalue weighted by molar-refractivity contribution is 9.10. The molecule has 0 aliphatic carbocycles. The number of anilines is 1. The van der Waals surface area contributed by atoms with E-state index in [-0.39, 0.29) is 0 Å². The highest BCUT2D eigenvalue weighted by atomic mass is 79.9. The van der Waals surface area contributed by atoms with Crippen LogP contribution in [0.5, 0.6) is 0 Å². The molecule has 1 atom stereocenters. The maximum absolute atomic E-state index is 5.61. The number of aryl methyl sites for hydroxylation is 1. The first-order chi connectivity index (χ1) is 6.67. The third kappa shape index (κ3) is 2.96. The molecular formula is C10H16BrN3. The molecule has 0 saturated heterocycles. The Hall–Kier alpha value is -0.610. The zero-order valence-electron chi connectivity index (χ0n) is 8.55. The highest BCUT2D eigenvalue weighted by Gasteiger charge is 2.06. The average molecular weight is 258 g/mol. The van der Waals surface area contributed by atoms with Gasteiger partial charge in [0.2, 0.25) is 0 Å². The van der Waals surface area contributed by atoms with Crippen LogP contribution < -0.4 is 11.1 Å². The van der Waals surface area contributed by atoms with Gasteiger partial charge in [0.05, 0.1) is 4.47 Å². The van der Waals surface area contributed by atoms with Gasteiger partial charge in [-0.3, -0.25) is 0 Å². The van der Waals surface area contributed by atoms with E-state index in [1.54, 1.807) is 0 Å². The monoisotopic (exact) mass is 257 g/mol. The maximum Gasteiger partial charge on any atom is 0.140 e. The van der Waals surface area contributed by atoms with Crippen molar-refractivity contribution in [1.29, 1.82) is 0 Å². The number of nitrogens with two attached hydrogens (primary N) is 1. The molecule has 78 valence electrons. The summed E-state index contributed by atoms with van der Waals surface area (Å²) in [6.07, 6.45) is 2.84. The smallest absolute Gasteiger partial charge is 0.140 e. The van der Waals surface area contributed by atoms with E-state index in [9.17, 15) is 0 Å². The Morgan fingerprint density at radius 1 is 1.64 bits per heavy atom. The number of nitrogens with zero attached hydrogens (tertiary/aromatic N) is 1. The largest absolute Gasteiger partial charge is 0.365 e. The van der Waals surface area contributed by atoms with Crippen LogP contribution in [0.4, 0.5) is 5.82 Å². The molecule has 0 radical (unpaired) electrons. The summed E-state index contributed by atoms with van der Waals surface area (Å²) in [7, 11) is 0. The molecular weight excluding hydrogens is 242 g/mol. The van der Waals surface area contributed by atoms with Crippen LogP contribution in [0.1, 0.15) is 18.9 Å². The van der Waals surface area contributed by atoms with Crippen molar-refractivity contribution in [1.82, 2.24) is 4.98 Å². The predicted octanol–water partition coefficient (Wildman–Crippen LogP) is 2.30. The lowest BCUT2D eigenvalue weighted by Crippen LogP contribution is -2.28. The van der Waals surface area contributed by atoms with E-state index in [4.69, 9.17) is 5.73 Å². The minimum Gasteiger partial charge on any atom is -0.365 e. The van der Waals surface area contributed by atoms with E-state index >= 15 is 0 Å². The summed E-state index contributed by atoms with van der Waals surface area (Å²) < 4.78 is 0.990. The van der Waals surface area contributed by atoms with Gasteiger partial charge in [-0.1, -0.05) is 6.92 Å². The molecule has 1 aromatic rings. The van der Waals surface area contributed by atoms with Crippen LogP contribution in [0.3, 0.4) is 0 Å². The zero-order chi connectivity index (χ0) is 10.6. The van der Waals surface area contributed by atoms with Crippen molar-refractivity contribution in [2.24, 2.45) is 5.73 Å². The second-order valence-electron chi connectivity index (χ2n) is 3.33. The minimum atomic E-state index is 0.293. The summed E-state index contributed by atoms with van der Waals surface area (Å²) in [4.78, 5) is 4.30. The standard InChI is InChI=1S/C10H16BrN3/c1-3-8(5-12)14-10-9(11)4-7(2)6-13-10/h4,6,8H,3,5,12H2,1-2H3,(H,13,14). The normalized spacial score (nSPS) is 12.6. The molecule has 0 aliphatic rings. The lowest BCUT2D eigenvalue weighted by Gasteiger charge is -2.16. The fraction of sp³-hybridized carbons (Fsp3) is 0.500. The average Bonchev–Trinajstić information content (AvgIpc) is 2.17. The van der Waals surface area contributed by atoms with E-state index < -0.39 is 0 Å². The molecule has 4 heteroatoms. The molecule has 1 aromatic heterocycles. The first-order valence-electron chi connectivity index (χ1n) is 4.76. The van der Waals surface area contributed by atoms with Crippen molar-refractivity contribution >= 4 is 21.7 Å². The van der Waals surface area contributed by atoms with Crippen molar-refractivity contribution in [3.05, 3.63) is 22.3 Å². The zero-order valence-corrected chi connectivity index (χ0v) is 10.1. The molecule has 3 N–H and O–H groups in total. The second kappa shape index (κ2) is 5.32. The van der Waals surface area contributed by atoms with Crippen LogP contribution in [0.25, 0.3) is 0 Å². The Labute approximate surface area is 93.2 Å². The molecule has 0 bridgehead atoms. The number of nitrogens with one attached hydrogen (secondary N) is 1. The van der Waals surface area contributed by atoms with Gasteiger partial charge < -0.3 is 11.1 Å². The van der Waals surface area contributed by atoms with Crippen molar-refractivity contribution in [3.63, 3.8) is 0 Å². The summed E-state index contributed by atoms with van der Waals surface area (Å²) in [5.74, 6) is 0.868. The van der Waals surface area contributed by atoms with Crippen LogP contribution in [0.15, 0.2) is 16.7 Å². The van der Waals surface area contributed by atoms with Crippen molar-refractivity contribution in [2.45, 2.75) is 26.3 Å². The van der Waals surface area contributed by atoms with Crippen LogP contribution in [-0.2, 0) is 0 Å². The first kappa shape index (κ1) is 11.5. The van der Waals surface area contributed by atoms with Gasteiger partial charge in [0.25, 0.3) is 0 Å². The summed E-state index contributed by atoms with van der Waals surface area (Å²) in [6, 6.07) is 2.33. The molecule has 1 heterocycles. The van der Waals surface area contributed by atoms with E-state index in [0.717, 1.165) is 22.3 Å². The van der Waals surface area contributed by atoms with E-state index in [1.807, 2.05) is 19.2 Å². The molecule has 1 rings (SSSR count). The molecule has 14 heavy (non-hydrogen) atoms. The second-order valence-corrected chi connectivity index (χ2v) is 4.18. The molecule has 0 spiro atoms. The van der Waals surface area contributed by atoms with Crippen molar-refractivity contribution in [3.8, 4) is 0 Å². The van der Waals surface area contributed by atoms with Crippen LogP contribution in [0, 0.1) is 6.92 Å². The number of rotatable bonds is 4. The van der Waals surface area contributed by atoms with Crippen LogP contribution in [0.2, 0.25) is 0 Å². The summed E-state index contributed by atoms with van der Waals surface area (Å²) in [5, 5.41) is 3.29. The van der Waals surface area contributed by atoms with Gasteiger partial charge >= 0.3 is 0 Å². The molecule has 3 nitrogen and oxygen atoms in total. The fourth-order valence-electron chi connectivity index (χ4n) is 1.16. The summed E-state index contributed by atoms with van der Waals surface area (Å²) in [5.41, 5.74) is 6.75. The lowest BCUT2D eigenvalue weighted by molar-refractivity contribution is 0.699. The van der Waals surface area contributed by atoms with E-state index in [0.29, 0.717) is 12.6 Å². The van der Waals surface area contributed by atoms with Gasteiger partial charge in [0, 0.05) is 18.8 Å². The summed E-state index contributed by atoms with van der Waals surface area (Å²) >= 11 is 3.47. The Morgan fingerprint density at radius 3 is 2.86 bits per heavy atom. The maximum atomic E-state index is 5.61. The SMILES string of the molecule is CCC(CN)Nc1ncc(C)cc1Br. The van der Waals surface area contributed by atoms with Crippen LogP contribution in [-0.4, -0.2) is 17.6 Å². The van der Waals surface area contributed by atoms with Crippen molar-refractivity contribution in [2.75, 3.05) is 11.9 Å². The van der Waals surface area contributed by atoms with Gasteiger partial charge in [-0.25, -0.2) is 4.98 Å². The summed E-state index contributed by atoms with van der Waals surface area (Å²) in [6.45, 7) is 4.74. The Morgan fingerprint density at radius 2 is 2.36 bits per heavy atom. The molecule has 0 fully saturated rings. The molecule has 0 amide bonds. The minimum absolute atomic E-state index is 0.293. The lowest BCUT2D eigenvalue weighted by atomic mass is 10.2. The van der Waals surface area contributed by atoms with E-state index in [2.05, 4.69) is 33.2 Å². The number of aromatic nitrogens is 1. The third-order valence-corrected chi connectivity index (χ3v) is 2.70. The van der Waals surface area contributed by atoms with Gasteiger partial charge in [0.1, 0.15) is 5.82 Å². The first-order valence-corrected chi connectivity index (χ1v) is 5.55. The Kier molecular flexibility index (Phi) is 4.35. The van der Waals surface area contributed by atoms with Crippen LogP contribution >= 0.6 is 15.9 Å².